The van der Waals surface area contributed by atoms with Gasteiger partial charge in [-0.15, -0.1) is 0 Å². The van der Waals surface area contributed by atoms with Crippen molar-refractivity contribution in [3.8, 4) is 11.5 Å². The minimum absolute atomic E-state index is 0.0872. The van der Waals surface area contributed by atoms with E-state index in [-0.39, 0.29) is 13.2 Å². The summed E-state index contributed by atoms with van der Waals surface area (Å²) < 4.78 is 54.6. The first-order chi connectivity index (χ1) is 13.3. The molecule has 0 spiro atoms. The Bertz CT molecular complexity index is 869. The first-order valence-corrected chi connectivity index (χ1v) is 8.33. The third-order valence-electron chi connectivity index (χ3n) is 3.88. The van der Waals surface area contributed by atoms with Gasteiger partial charge in [-0.3, -0.25) is 4.79 Å². The van der Waals surface area contributed by atoms with Crippen molar-refractivity contribution in [3.05, 3.63) is 59.7 Å². The maximum absolute atomic E-state index is 12.9. The Morgan fingerprint density at radius 2 is 1.75 bits per heavy atom. The number of hydrogen-bond donors (Lipinski definition) is 1. The lowest BCUT2D eigenvalue weighted by Gasteiger charge is -2.26. The number of hydrogen-bond acceptors (Lipinski definition) is 5. The number of ether oxygens (including phenoxy) is 3. The molecule has 1 amide bonds. The average Bonchev–Trinajstić information content (AvgIpc) is 2.69. The summed E-state index contributed by atoms with van der Waals surface area (Å²) in [7, 11) is 0. The predicted molar refractivity (Wildman–Crippen MR) is 91.1 cm³/mol. The van der Waals surface area contributed by atoms with Gasteiger partial charge in [0.15, 0.2) is 18.1 Å². The number of nitrogens with one attached hydrogen (secondary N) is 1. The molecule has 1 heterocycles. The number of alkyl halides is 3. The van der Waals surface area contributed by atoms with E-state index in [0.29, 0.717) is 11.5 Å². The summed E-state index contributed by atoms with van der Waals surface area (Å²) in [5.74, 6) is -0.750. The molecular weight excluding hydrogens is 379 g/mol. The maximum Gasteiger partial charge on any atom is 0.417 e. The minimum atomic E-state index is -4.70. The summed E-state index contributed by atoms with van der Waals surface area (Å²) in [5, 5.41) is 2.49. The molecule has 9 heteroatoms. The van der Waals surface area contributed by atoms with Crippen molar-refractivity contribution >= 4 is 11.9 Å². The number of carbonyl (C=O) groups excluding carboxylic acids is 2. The second-order valence-corrected chi connectivity index (χ2v) is 5.92. The van der Waals surface area contributed by atoms with Crippen LogP contribution in [-0.2, 0) is 15.7 Å². The van der Waals surface area contributed by atoms with Crippen LogP contribution in [0.15, 0.2) is 48.5 Å². The Balaban J connectivity index is 1.48. The van der Waals surface area contributed by atoms with Gasteiger partial charge in [0.1, 0.15) is 12.7 Å². The highest BCUT2D eigenvalue weighted by Gasteiger charge is 2.35. The molecule has 0 saturated heterocycles. The zero-order valence-electron chi connectivity index (χ0n) is 14.5. The standard InChI is InChI=1S/C19H16F3NO5/c20-19(21,22)14-6-2-1-5-13(14)18(25)27-11-17(24)23-9-12-10-26-15-7-3-4-8-16(15)28-12/h1-8,12H,9-11H2,(H,23,24). The number of halogens is 3. The van der Waals surface area contributed by atoms with Crippen molar-refractivity contribution in [2.75, 3.05) is 19.8 Å². The molecular formula is C19H16F3NO5. The molecule has 0 radical (unpaired) electrons. The SMILES string of the molecule is O=C(COC(=O)c1ccccc1C(F)(F)F)NCC1COc2ccccc2O1. The first-order valence-electron chi connectivity index (χ1n) is 8.33. The molecule has 2 aromatic rings. The topological polar surface area (TPSA) is 73.9 Å². The predicted octanol–water partition coefficient (Wildman–Crippen LogP) is 2.82. The van der Waals surface area contributed by atoms with Gasteiger partial charge in [-0.2, -0.15) is 13.2 Å². The minimum Gasteiger partial charge on any atom is -0.486 e. The number of carbonyl (C=O) groups is 2. The number of rotatable bonds is 5. The Labute approximate surface area is 158 Å². The van der Waals surface area contributed by atoms with Gasteiger partial charge in [-0.25, -0.2) is 4.79 Å². The van der Waals surface area contributed by atoms with Gasteiger partial charge < -0.3 is 19.5 Å². The van der Waals surface area contributed by atoms with Crippen LogP contribution in [0.2, 0.25) is 0 Å². The van der Waals surface area contributed by atoms with Crippen LogP contribution in [0.25, 0.3) is 0 Å². The van der Waals surface area contributed by atoms with Gasteiger partial charge in [0.05, 0.1) is 17.7 Å². The van der Waals surface area contributed by atoms with Crippen LogP contribution in [0.5, 0.6) is 11.5 Å². The molecule has 0 aromatic heterocycles. The van der Waals surface area contributed by atoms with E-state index in [1.807, 2.05) is 0 Å². The Morgan fingerprint density at radius 3 is 2.50 bits per heavy atom. The number of amides is 1. The molecule has 28 heavy (non-hydrogen) atoms. The molecule has 148 valence electrons. The zero-order valence-corrected chi connectivity index (χ0v) is 14.5. The molecule has 1 unspecified atom stereocenters. The Hall–Kier alpha value is -3.23. The Morgan fingerprint density at radius 1 is 1.07 bits per heavy atom. The molecule has 1 atom stereocenters. The molecule has 6 nitrogen and oxygen atoms in total. The fourth-order valence-electron chi connectivity index (χ4n) is 2.56. The molecule has 1 N–H and O–H groups in total. The van der Waals surface area contributed by atoms with Crippen molar-refractivity contribution in [2.45, 2.75) is 12.3 Å². The van der Waals surface area contributed by atoms with Crippen LogP contribution in [0.1, 0.15) is 15.9 Å². The largest absolute Gasteiger partial charge is 0.486 e. The number of para-hydroxylation sites is 2. The first kappa shape index (κ1) is 19.5. The highest BCUT2D eigenvalue weighted by Crippen LogP contribution is 2.32. The van der Waals surface area contributed by atoms with Crippen LogP contribution in [-0.4, -0.2) is 37.7 Å². The summed E-state index contributed by atoms with van der Waals surface area (Å²) in [6, 6.07) is 11.3. The smallest absolute Gasteiger partial charge is 0.417 e. The number of fused-ring (bicyclic) bond motifs is 1. The van der Waals surface area contributed by atoms with E-state index in [0.717, 1.165) is 18.2 Å². The van der Waals surface area contributed by atoms with Crippen LogP contribution >= 0.6 is 0 Å². The van der Waals surface area contributed by atoms with E-state index in [4.69, 9.17) is 14.2 Å². The second kappa shape index (κ2) is 8.20. The maximum atomic E-state index is 12.9. The molecule has 2 aromatic carbocycles. The summed E-state index contributed by atoms with van der Waals surface area (Å²) in [4.78, 5) is 23.8. The van der Waals surface area contributed by atoms with Gasteiger partial charge in [-0.1, -0.05) is 24.3 Å². The third kappa shape index (κ3) is 4.73. The lowest BCUT2D eigenvalue weighted by Crippen LogP contribution is -2.42. The van der Waals surface area contributed by atoms with Crippen molar-refractivity contribution in [2.24, 2.45) is 0 Å². The highest BCUT2D eigenvalue weighted by atomic mass is 19.4. The van der Waals surface area contributed by atoms with Crippen molar-refractivity contribution < 1.29 is 37.0 Å². The normalized spacial score (nSPS) is 15.6. The van der Waals surface area contributed by atoms with E-state index >= 15 is 0 Å². The van der Waals surface area contributed by atoms with Crippen LogP contribution in [0, 0.1) is 0 Å². The van der Waals surface area contributed by atoms with Gasteiger partial charge in [0.25, 0.3) is 5.91 Å². The van der Waals surface area contributed by atoms with E-state index in [9.17, 15) is 22.8 Å². The monoisotopic (exact) mass is 395 g/mol. The van der Waals surface area contributed by atoms with E-state index < -0.39 is 41.9 Å². The van der Waals surface area contributed by atoms with Crippen molar-refractivity contribution in [3.63, 3.8) is 0 Å². The molecule has 0 saturated carbocycles. The lowest BCUT2D eigenvalue weighted by atomic mass is 10.1. The third-order valence-corrected chi connectivity index (χ3v) is 3.88. The summed E-state index contributed by atoms with van der Waals surface area (Å²) in [6.45, 7) is -0.408. The van der Waals surface area contributed by atoms with Crippen LogP contribution < -0.4 is 14.8 Å². The van der Waals surface area contributed by atoms with E-state index in [1.165, 1.54) is 6.07 Å². The molecule has 0 bridgehead atoms. The molecule has 0 aliphatic carbocycles. The summed E-state index contributed by atoms with van der Waals surface area (Å²) in [6.07, 6.45) is -5.15. The summed E-state index contributed by atoms with van der Waals surface area (Å²) >= 11 is 0. The molecule has 0 fully saturated rings. The molecule has 1 aliphatic heterocycles. The van der Waals surface area contributed by atoms with Gasteiger partial charge in [0, 0.05) is 0 Å². The fourth-order valence-corrected chi connectivity index (χ4v) is 2.56. The van der Waals surface area contributed by atoms with E-state index in [2.05, 4.69) is 5.32 Å². The van der Waals surface area contributed by atoms with Crippen molar-refractivity contribution in [1.29, 1.82) is 0 Å². The second-order valence-electron chi connectivity index (χ2n) is 5.92. The highest BCUT2D eigenvalue weighted by molar-refractivity contribution is 5.93. The quantitative estimate of drug-likeness (QED) is 0.789. The lowest BCUT2D eigenvalue weighted by molar-refractivity contribution is -0.138. The number of esters is 1. The number of benzene rings is 2. The van der Waals surface area contributed by atoms with Gasteiger partial charge in [0.2, 0.25) is 0 Å². The fraction of sp³-hybridized carbons (Fsp3) is 0.263. The van der Waals surface area contributed by atoms with Crippen LogP contribution in [0.4, 0.5) is 13.2 Å². The van der Waals surface area contributed by atoms with Crippen molar-refractivity contribution in [1.82, 2.24) is 5.32 Å². The summed E-state index contributed by atoms with van der Waals surface area (Å²) in [5.41, 5.74) is -1.77. The molecule has 1 aliphatic rings. The van der Waals surface area contributed by atoms with Gasteiger partial charge in [-0.05, 0) is 24.3 Å². The average molecular weight is 395 g/mol. The van der Waals surface area contributed by atoms with Gasteiger partial charge >= 0.3 is 12.1 Å². The molecule has 3 rings (SSSR count). The zero-order chi connectivity index (χ0) is 20.1. The van der Waals surface area contributed by atoms with E-state index in [1.54, 1.807) is 24.3 Å². The van der Waals surface area contributed by atoms with Crippen LogP contribution in [0.3, 0.4) is 0 Å². The Kier molecular flexibility index (Phi) is 5.72.